The van der Waals surface area contributed by atoms with E-state index in [-0.39, 0.29) is 5.56 Å². The van der Waals surface area contributed by atoms with Gasteiger partial charge >= 0.3 is 0 Å². The van der Waals surface area contributed by atoms with Gasteiger partial charge in [0.1, 0.15) is 0 Å². The molecule has 26 heavy (non-hydrogen) atoms. The Kier molecular flexibility index (Phi) is 2.97. The van der Waals surface area contributed by atoms with Crippen molar-refractivity contribution in [3.8, 4) is 22.4 Å². The minimum atomic E-state index is -2.26. The number of nitrogens with zero attached hydrogens (tertiary/aromatic N) is 1. The molecule has 3 aromatic rings. The lowest BCUT2D eigenvalue weighted by Gasteiger charge is -2.23. The summed E-state index contributed by atoms with van der Waals surface area (Å²) in [5.74, 6) is -0.845. The summed E-state index contributed by atoms with van der Waals surface area (Å²) < 4.78 is 33.5. The number of hydrogen-bond donors (Lipinski definition) is 0. The van der Waals surface area contributed by atoms with Gasteiger partial charge in [-0.05, 0) is 71.5 Å². The van der Waals surface area contributed by atoms with Gasteiger partial charge in [0.2, 0.25) is 0 Å². The van der Waals surface area contributed by atoms with Gasteiger partial charge in [-0.3, -0.25) is 4.98 Å². The highest BCUT2D eigenvalue weighted by Crippen LogP contribution is 2.41. The summed E-state index contributed by atoms with van der Waals surface area (Å²) in [6.07, 6.45) is 6.96. The van der Waals surface area contributed by atoms with Crippen molar-refractivity contribution in [2.45, 2.75) is 51.3 Å². The van der Waals surface area contributed by atoms with Crippen molar-refractivity contribution >= 4 is 0 Å². The van der Waals surface area contributed by atoms with Gasteiger partial charge in [0.05, 0.1) is 5.69 Å². The Morgan fingerprint density at radius 3 is 2.65 bits per heavy atom. The van der Waals surface area contributed by atoms with Crippen molar-refractivity contribution < 1.29 is 5.48 Å². The van der Waals surface area contributed by atoms with Crippen LogP contribution in [0.2, 0.25) is 0 Å². The SMILES string of the molecule is [2H]C([2H])([2H])c1cc(-c2cccc3c2Cc2ccccc2-3)ncc1C1([2H])CCCCC1. The lowest BCUT2D eigenvalue weighted by Crippen LogP contribution is -2.07. The van der Waals surface area contributed by atoms with Gasteiger partial charge < -0.3 is 0 Å². The van der Waals surface area contributed by atoms with E-state index in [1.807, 2.05) is 12.1 Å². The minimum absolute atomic E-state index is 0.289. The summed E-state index contributed by atoms with van der Waals surface area (Å²) in [5.41, 5.74) is 7.49. The number of hydrogen-bond acceptors (Lipinski definition) is 1. The van der Waals surface area contributed by atoms with E-state index < -0.39 is 12.7 Å². The smallest absolute Gasteiger partial charge is 0.0707 e. The van der Waals surface area contributed by atoms with Crippen LogP contribution < -0.4 is 0 Å². The molecule has 2 aliphatic rings. The van der Waals surface area contributed by atoms with Gasteiger partial charge in [-0.15, -0.1) is 0 Å². The van der Waals surface area contributed by atoms with E-state index in [0.29, 0.717) is 24.1 Å². The van der Waals surface area contributed by atoms with Crippen LogP contribution in [-0.4, -0.2) is 4.98 Å². The van der Waals surface area contributed by atoms with E-state index in [4.69, 9.17) is 10.5 Å². The average Bonchev–Trinajstić information content (AvgIpc) is 3.12. The van der Waals surface area contributed by atoms with Crippen LogP contribution in [0.1, 0.15) is 65.7 Å². The molecule has 1 heterocycles. The zero-order valence-electron chi connectivity index (χ0n) is 18.9. The van der Waals surface area contributed by atoms with Crippen LogP contribution in [-0.2, 0) is 6.42 Å². The zero-order valence-corrected chi connectivity index (χ0v) is 14.9. The molecule has 1 nitrogen and oxygen atoms in total. The molecule has 0 N–H and O–H groups in total. The molecule has 130 valence electrons. The second kappa shape index (κ2) is 6.39. The van der Waals surface area contributed by atoms with Crippen molar-refractivity contribution in [3.63, 3.8) is 0 Å². The first-order chi connectivity index (χ1) is 14.4. The van der Waals surface area contributed by atoms with Gasteiger partial charge in [0.15, 0.2) is 0 Å². The summed E-state index contributed by atoms with van der Waals surface area (Å²) in [6.45, 7) is -2.26. The summed E-state index contributed by atoms with van der Waals surface area (Å²) in [4.78, 5) is 4.71. The average molecular weight is 344 g/mol. The van der Waals surface area contributed by atoms with Crippen molar-refractivity contribution in [2.24, 2.45) is 0 Å². The molecule has 2 aliphatic carbocycles. The highest BCUT2D eigenvalue weighted by molar-refractivity contribution is 5.84. The summed E-state index contributed by atoms with van der Waals surface area (Å²) in [5, 5.41) is 0. The molecule has 0 saturated heterocycles. The van der Waals surface area contributed by atoms with Gasteiger partial charge in [0, 0.05) is 17.2 Å². The Bertz CT molecular complexity index is 1110. The third kappa shape index (κ3) is 2.58. The van der Waals surface area contributed by atoms with E-state index in [2.05, 4.69) is 30.3 Å². The van der Waals surface area contributed by atoms with Gasteiger partial charge in [0.25, 0.3) is 0 Å². The Labute approximate surface area is 161 Å². The van der Waals surface area contributed by atoms with Crippen molar-refractivity contribution in [1.29, 1.82) is 0 Å². The first-order valence-electron chi connectivity index (χ1n) is 11.6. The Balaban J connectivity index is 1.64. The predicted octanol–water partition coefficient (Wildman–Crippen LogP) is 6.68. The van der Waals surface area contributed by atoms with E-state index in [1.54, 1.807) is 12.3 Å². The lowest BCUT2D eigenvalue weighted by molar-refractivity contribution is 0.441. The summed E-state index contributed by atoms with van der Waals surface area (Å²) >= 11 is 0. The van der Waals surface area contributed by atoms with Crippen molar-refractivity contribution in [2.75, 3.05) is 0 Å². The van der Waals surface area contributed by atoms with E-state index in [9.17, 15) is 0 Å². The predicted molar refractivity (Wildman–Crippen MR) is 108 cm³/mol. The minimum Gasteiger partial charge on any atom is -0.256 e. The second-order valence-corrected chi connectivity index (χ2v) is 7.44. The molecule has 1 aromatic heterocycles. The van der Waals surface area contributed by atoms with Crippen LogP contribution >= 0.6 is 0 Å². The molecule has 0 atom stereocenters. The molecular formula is C25H25N. The maximum absolute atomic E-state index is 8.98. The fraction of sp³-hybridized carbons (Fsp3) is 0.320. The number of rotatable bonds is 2. The molecule has 2 aromatic carbocycles. The molecule has 0 bridgehead atoms. The Morgan fingerprint density at radius 2 is 1.77 bits per heavy atom. The van der Waals surface area contributed by atoms with Gasteiger partial charge in [-0.1, -0.05) is 61.7 Å². The highest BCUT2D eigenvalue weighted by atomic mass is 14.7. The first kappa shape index (κ1) is 12.1. The van der Waals surface area contributed by atoms with Crippen LogP contribution in [0.5, 0.6) is 0 Å². The number of aryl methyl sites for hydroxylation is 1. The zero-order chi connectivity index (χ0) is 20.9. The summed E-state index contributed by atoms with van der Waals surface area (Å²) in [7, 11) is 0. The van der Waals surface area contributed by atoms with Gasteiger partial charge in [-0.25, -0.2) is 0 Å². The lowest BCUT2D eigenvalue weighted by atomic mass is 9.83. The third-order valence-electron chi connectivity index (χ3n) is 5.87. The molecule has 0 unspecified atom stereocenters. The van der Waals surface area contributed by atoms with E-state index in [1.165, 1.54) is 22.3 Å². The number of benzene rings is 2. The highest BCUT2D eigenvalue weighted by Gasteiger charge is 2.22. The fourth-order valence-corrected chi connectivity index (χ4v) is 4.53. The largest absolute Gasteiger partial charge is 0.256 e. The molecule has 1 heteroatoms. The molecule has 0 aliphatic heterocycles. The van der Waals surface area contributed by atoms with Crippen molar-refractivity contribution in [1.82, 2.24) is 4.98 Å². The molecular weight excluding hydrogens is 314 g/mol. The van der Waals surface area contributed by atoms with Crippen LogP contribution in [0.4, 0.5) is 0 Å². The quantitative estimate of drug-likeness (QED) is 0.396. The number of pyridine rings is 1. The molecule has 1 fully saturated rings. The summed E-state index contributed by atoms with van der Waals surface area (Å²) in [6, 6.07) is 16.3. The fourth-order valence-electron chi connectivity index (χ4n) is 4.53. The van der Waals surface area contributed by atoms with Crippen molar-refractivity contribution in [3.05, 3.63) is 77.0 Å². The van der Waals surface area contributed by atoms with Gasteiger partial charge in [-0.2, -0.15) is 0 Å². The molecule has 0 radical (unpaired) electrons. The number of aromatic nitrogens is 1. The van der Waals surface area contributed by atoms with E-state index in [0.717, 1.165) is 31.2 Å². The van der Waals surface area contributed by atoms with E-state index >= 15 is 0 Å². The van der Waals surface area contributed by atoms with Crippen LogP contribution in [0.25, 0.3) is 22.4 Å². The van der Waals surface area contributed by atoms with Crippen LogP contribution in [0.3, 0.4) is 0 Å². The maximum Gasteiger partial charge on any atom is 0.0707 e. The maximum atomic E-state index is 8.98. The Hall–Kier alpha value is -2.41. The second-order valence-electron chi connectivity index (χ2n) is 7.44. The topological polar surface area (TPSA) is 12.9 Å². The number of fused-ring (bicyclic) bond motifs is 3. The standard InChI is InChI=1S/C25H25N/c1-17-14-25(26-16-24(17)18-8-3-2-4-9-18)22-13-7-12-21-20-11-6-5-10-19(20)15-23(21)22/h5-7,10-14,16,18H,2-4,8-9,15H2,1H3/i1D3,18D. The van der Waals surface area contributed by atoms with Crippen LogP contribution in [0, 0.1) is 6.85 Å². The normalized spacial score (nSPS) is 20.3. The molecule has 0 amide bonds. The molecule has 1 saturated carbocycles. The van der Waals surface area contributed by atoms with Crippen LogP contribution in [0.15, 0.2) is 54.7 Å². The first-order valence-corrected chi connectivity index (χ1v) is 9.58. The Morgan fingerprint density at radius 1 is 0.962 bits per heavy atom. The molecule has 5 rings (SSSR count). The monoisotopic (exact) mass is 343 g/mol. The third-order valence-corrected chi connectivity index (χ3v) is 5.87. The molecule has 0 spiro atoms.